The van der Waals surface area contributed by atoms with Crippen LogP contribution in [-0.4, -0.2) is 71.2 Å². The van der Waals surface area contributed by atoms with E-state index >= 15 is 0 Å². The number of hydrogen-bond donors (Lipinski definition) is 2. The van der Waals surface area contributed by atoms with Crippen LogP contribution in [0, 0.1) is 0 Å². The Morgan fingerprint density at radius 2 is 2.14 bits per heavy atom. The summed E-state index contributed by atoms with van der Waals surface area (Å²) in [5.74, 6) is -0.0261. The predicted octanol–water partition coefficient (Wildman–Crippen LogP) is 0.0863. The molecule has 0 bridgehead atoms. The van der Waals surface area contributed by atoms with Crippen LogP contribution in [0.3, 0.4) is 0 Å². The van der Waals surface area contributed by atoms with E-state index in [1.807, 2.05) is 23.1 Å². The van der Waals surface area contributed by atoms with Gasteiger partial charge in [-0.1, -0.05) is 13.0 Å². The maximum absolute atomic E-state index is 12.0. The standard InChI is InChI=1S/C16H26N4O2/c1-2-7-19-8-9-20(12-15(21)11-19)13-16(22)18-10-14-5-3-4-6-17-14/h3-6,15,21H,2,7-13H2,1H3,(H,18,22)/t15-/m1/s1. The van der Waals surface area contributed by atoms with Gasteiger partial charge in [-0.25, -0.2) is 0 Å². The lowest BCUT2D eigenvalue weighted by Crippen LogP contribution is -2.40. The molecule has 0 aromatic carbocycles. The number of rotatable bonds is 6. The number of β-amino-alcohol motifs (C(OH)–C–C–N with tert-alkyl or cyclic N) is 1. The van der Waals surface area contributed by atoms with Crippen LogP contribution in [0.2, 0.25) is 0 Å². The van der Waals surface area contributed by atoms with E-state index in [4.69, 9.17) is 0 Å². The Balaban J connectivity index is 1.76. The van der Waals surface area contributed by atoms with E-state index in [1.54, 1.807) is 6.20 Å². The minimum absolute atomic E-state index is 0.0261. The highest BCUT2D eigenvalue weighted by molar-refractivity contribution is 5.77. The highest BCUT2D eigenvalue weighted by Gasteiger charge is 2.22. The van der Waals surface area contributed by atoms with Gasteiger partial charge in [0.1, 0.15) is 0 Å². The summed E-state index contributed by atoms with van der Waals surface area (Å²) in [6.07, 6.45) is 2.41. The summed E-state index contributed by atoms with van der Waals surface area (Å²) in [6.45, 7) is 6.86. The molecule has 1 aliphatic rings. The van der Waals surface area contributed by atoms with Gasteiger partial charge in [-0.2, -0.15) is 0 Å². The number of amides is 1. The smallest absolute Gasteiger partial charge is 0.234 e. The van der Waals surface area contributed by atoms with Crippen LogP contribution in [0.25, 0.3) is 0 Å². The molecule has 2 heterocycles. The Morgan fingerprint density at radius 1 is 1.36 bits per heavy atom. The number of aliphatic hydroxyl groups excluding tert-OH is 1. The minimum Gasteiger partial charge on any atom is -0.390 e. The van der Waals surface area contributed by atoms with Crippen molar-refractivity contribution >= 4 is 5.91 Å². The van der Waals surface area contributed by atoms with E-state index in [1.165, 1.54) is 0 Å². The number of hydrogen-bond acceptors (Lipinski definition) is 5. The number of carbonyl (C=O) groups is 1. The second-order valence-corrected chi connectivity index (χ2v) is 5.79. The molecular weight excluding hydrogens is 280 g/mol. The van der Waals surface area contributed by atoms with E-state index in [9.17, 15) is 9.90 Å². The number of pyridine rings is 1. The third kappa shape index (κ3) is 5.71. The Labute approximate surface area is 132 Å². The fourth-order valence-electron chi connectivity index (χ4n) is 2.73. The van der Waals surface area contributed by atoms with Gasteiger partial charge in [-0.15, -0.1) is 0 Å². The molecule has 1 atom stereocenters. The number of carbonyl (C=O) groups excluding carboxylic acids is 1. The molecule has 22 heavy (non-hydrogen) atoms. The SMILES string of the molecule is CCCN1CCN(CC(=O)NCc2ccccn2)C[C@H](O)C1. The summed E-state index contributed by atoms with van der Waals surface area (Å²) in [5, 5.41) is 12.9. The van der Waals surface area contributed by atoms with E-state index in [0.717, 1.165) is 31.7 Å². The Hall–Kier alpha value is -1.50. The second kappa shape index (κ2) is 8.82. The van der Waals surface area contributed by atoms with Gasteiger partial charge in [-0.3, -0.25) is 19.6 Å². The summed E-state index contributed by atoms with van der Waals surface area (Å²) >= 11 is 0. The summed E-state index contributed by atoms with van der Waals surface area (Å²) in [7, 11) is 0. The summed E-state index contributed by atoms with van der Waals surface area (Å²) < 4.78 is 0. The van der Waals surface area contributed by atoms with Crippen LogP contribution in [0.4, 0.5) is 0 Å². The molecule has 0 saturated carbocycles. The van der Waals surface area contributed by atoms with E-state index < -0.39 is 6.10 Å². The third-order valence-corrected chi connectivity index (χ3v) is 3.77. The zero-order valence-corrected chi connectivity index (χ0v) is 13.2. The summed E-state index contributed by atoms with van der Waals surface area (Å²) in [4.78, 5) is 20.5. The van der Waals surface area contributed by atoms with Crippen LogP contribution < -0.4 is 5.32 Å². The van der Waals surface area contributed by atoms with Gasteiger partial charge in [0.15, 0.2) is 0 Å². The molecule has 6 heteroatoms. The van der Waals surface area contributed by atoms with Crippen LogP contribution in [0.5, 0.6) is 0 Å². The molecule has 1 aromatic rings. The first-order chi connectivity index (χ1) is 10.7. The summed E-state index contributed by atoms with van der Waals surface area (Å²) in [5.41, 5.74) is 0.848. The number of aromatic nitrogens is 1. The summed E-state index contributed by atoms with van der Waals surface area (Å²) in [6, 6.07) is 5.65. The normalized spacial score (nSPS) is 20.5. The van der Waals surface area contributed by atoms with Gasteiger partial charge in [0.2, 0.25) is 5.91 Å². The highest BCUT2D eigenvalue weighted by Crippen LogP contribution is 2.04. The molecule has 0 radical (unpaired) electrons. The molecule has 0 aliphatic carbocycles. The third-order valence-electron chi connectivity index (χ3n) is 3.77. The fraction of sp³-hybridized carbons (Fsp3) is 0.625. The molecule has 2 rings (SSSR count). The largest absolute Gasteiger partial charge is 0.390 e. The van der Waals surface area contributed by atoms with Crippen LogP contribution in [0.1, 0.15) is 19.0 Å². The van der Waals surface area contributed by atoms with Crippen molar-refractivity contribution in [1.29, 1.82) is 0 Å². The molecule has 122 valence electrons. The first-order valence-electron chi connectivity index (χ1n) is 7.96. The molecule has 2 N–H and O–H groups in total. The van der Waals surface area contributed by atoms with Crippen LogP contribution in [-0.2, 0) is 11.3 Å². The monoisotopic (exact) mass is 306 g/mol. The number of nitrogens with zero attached hydrogens (tertiary/aromatic N) is 3. The van der Waals surface area contributed by atoms with Gasteiger partial charge in [-0.05, 0) is 25.1 Å². The first-order valence-corrected chi connectivity index (χ1v) is 7.96. The van der Waals surface area contributed by atoms with Crippen molar-refractivity contribution in [3.05, 3.63) is 30.1 Å². The molecule has 1 fully saturated rings. The van der Waals surface area contributed by atoms with E-state index in [0.29, 0.717) is 26.2 Å². The molecule has 0 unspecified atom stereocenters. The van der Waals surface area contributed by atoms with Crippen molar-refractivity contribution in [2.45, 2.75) is 26.0 Å². The van der Waals surface area contributed by atoms with Crippen molar-refractivity contribution in [3.8, 4) is 0 Å². The maximum atomic E-state index is 12.0. The Morgan fingerprint density at radius 3 is 2.86 bits per heavy atom. The average molecular weight is 306 g/mol. The van der Waals surface area contributed by atoms with Crippen molar-refractivity contribution in [1.82, 2.24) is 20.1 Å². The quantitative estimate of drug-likeness (QED) is 0.779. The highest BCUT2D eigenvalue weighted by atomic mass is 16.3. The molecule has 1 saturated heterocycles. The van der Waals surface area contributed by atoms with Gasteiger partial charge in [0.05, 0.1) is 24.9 Å². The predicted molar refractivity (Wildman–Crippen MR) is 85.3 cm³/mol. The average Bonchev–Trinajstić information content (AvgIpc) is 2.68. The van der Waals surface area contributed by atoms with Crippen LogP contribution in [0.15, 0.2) is 24.4 Å². The van der Waals surface area contributed by atoms with Gasteiger partial charge in [0.25, 0.3) is 0 Å². The lowest BCUT2D eigenvalue weighted by atomic mass is 10.3. The van der Waals surface area contributed by atoms with Crippen molar-refractivity contribution < 1.29 is 9.90 Å². The van der Waals surface area contributed by atoms with Crippen LogP contribution >= 0.6 is 0 Å². The zero-order valence-electron chi connectivity index (χ0n) is 13.2. The minimum atomic E-state index is -0.391. The zero-order chi connectivity index (χ0) is 15.8. The lowest BCUT2D eigenvalue weighted by molar-refractivity contribution is -0.122. The molecule has 1 aromatic heterocycles. The molecule has 1 aliphatic heterocycles. The van der Waals surface area contributed by atoms with Gasteiger partial charge < -0.3 is 10.4 Å². The fourth-order valence-corrected chi connectivity index (χ4v) is 2.73. The first kappa shape index (κ1) is 16.9. The molecular formula is C16H26N4O2. The van der Waals surface area contributed by atoms with E-state index in [-0.39, 0.29) is 5.91 Å². The van der Waals surface area contributed by atoms with Crippen molar-refractivity contribution in [3.63, 3.8) is 0 Å². The Bertz CT molecular complexity index is 455. The second-order valence-electron chi connectivity index (χ2n) is 5.79. The van der Waals surface area contributed by atoms with Crippen molar-refractivity contribution in [2.75, 3.05) is 39.3 Å². The molecule has 6 nitrogen and oxygen atoms in total. The maximum Gasteiger partial charge on any atom is 0.234 e. The molecule has 1 amide bonds. The number of nitrogens with one attached hydrogen (secondary N) is 1. The lowest BCUT2D eigenvalue weighted by Gasteiger charge is -2.20. The topological polar surface area (TPSA) is 68.7 Å². The van der Waals surface area contributed by atoms with E-state index in [2.05, 4.69) is 22.1 Å². The Kier molecular flexibility index (Phi) is 6.76. The molecule has 0 spiro atoms. The van der Waals surface area contributed by atoms with Crippen molar-refractivity contribution in [2.24, 2.45) is 0 Å². The van der Waals surface area contributed by atoms with Gasteiger partial charge in [0, 0.05) is 32.4 Å². The number of aliphatic hydroxyl groups is 1. The van der Waals surface area contributed by atoms with Gasteiger partial charge >= 0.3 is 0 Å².